The van der Waals surface area contributed by atoms with Crippen molar-refractivity contribution in [1.82, 2.24) is 0 Å². The van der Waals surface area contributed by atoms with Gasteiger partial charge in [-0.3, -0.25) is 9.59 Å². The summed E-state index contributed by atoms with van der Waals surface area (Å²) >= 11 is 0. The Bertz CT molecular complexity index is 2020. The molecular formula is C88H154NO8+. The highest BCUT2D eigenvalue weighted by molar-refractivity contribution is 5.71. The number of carbonyl (C=O) groups excluding carboxylic acids is 2. The second-order valence-electron chi connectivity index (χ2n) is 28.4. The summed E-state index contributed by atoms with van der Waals surface area (Å²) in [6.07, 6.45) is 108. The molecule has 0 aliphatic heterocycles. The number of nitrogens with zero attached hydrogens (tertiary/aromatic N) is 1. The van der Waals surface area contributed by atoms with Crippen LogP contribution in [-0.4, -0.2) is 87.4 Å². The van der Waals surface area contributed by atoms with Crippen LogP contribution in [0.3, 0.4) is 0 Å². The lowest BCUT2D eigenvalue weighted by Crippen LogP contribution is -2.40. The van der Waals surface area contributed by atoms with Crippen molar-refractivity contribution in [2.45, 2.75) is 373 Å². The van der Waals surface area contributed by atoms with Crippen molar-refractivity contribution >= 4 is 17.9 Å². The number of esters is 2. The zero-order chi connectivity index (χ0) is 70.4. The predicted octanol–water partition coefficient (Wildman–Crippen LogP) is 26.3. The standard InChI is InChI=1S/C88H153NO8/c1-6-8-10-12-14-16-18-20-22-24-26-28-30-32-34-36-38-40-42-43-45-47-49-51-53-55-57-59-61-63-65-67-69-71-73-75-77-79-86(91)97-84(83-96-88(87(92)93)94-81-80-89(3,4)5)82-95-85(90)78-76-74-72-70-68-66-64-62-60-58-56-54-52-50-48-46-44-41-39-37-35-33-31-29-27-25-23-21-19-17-15-13-11-9-7-2/h8,10,14,16,20,22,26,28,32,34,38,40,43,45,49,51,55,57,61,63,84,88H,6-7,9,11-13,15,17-19,21,23-25,27,29-31,33,35-37,39,41-42,44,46-48,50,52-54,56,58-60,62,64-83H2,1-5H3/p+1/b10-8-,16-14-,22-20-,28-26-,34-32-,40-38-,45-43-,51-49-,57-55-,63-61-. The molecule has 558 valence electrons. The normalized spacial score (nSPS) is 13.3. The van der Waals surface area contributed by atoms with Crippen molar-refractivity contribution in [1.29, 1.82) is 0 Å². The molecule has 0 heterocycles. The molecule has 0 saturated carbocycles. The molecule has 0 bridgehead atoms. The van der Waals surface area contributed by atoms with Crippen LogP contribution < -0.4 is 0 Å². The third kappa shape index (κ3) is 78.9. The van der Waals surface area contributed by atoms with Crippen molar-refractivity contribution in [3.63, 3.8) is 0 Å². The zero-order valence-corrected chi connectivity index (χ0v) is 64.0. The van der Waals surface area contributed by atoms with Gasteiger partial charge in [0.2, 0.25) is 0 Å². The van der Waals surface area contributed by atoms with Gasteiger partial charge in [-0.1, -0.05) is 379 Å². The first-order valence-corrected chi connectivity index (χ1v) is 40.7. The van der Waals surface area contributed by atoms with Gasteiger partial charge in [0.1, 0.15) is 13.2 Å². The Kier molecular flexibility index (Phi) is 74.0. The quantitative estimate of drug-likeness (QED) is 0.0211. The third-order valence-corrected chi connectivity index (χ3v) is 17.7. The first-order valence-electron chi connectivity index (χ1n) is 40.7. The number of rotatable bonds is 75. The molecule has 9 heteroatoms. The molecule has 0 saturated heterocycles. The number of aliphatic carboxylic acids is 1. The fraction of sp³-hybridized carbons (Fsp3) is 0.739. The lowest BCUT2D eigenvalue weighted by molar-refractivity contribution is -0.870. The van der Waals surface area contributed by atoms with Gasteiger partial charge in [-0.2, -0.15) is 0 Å². The summed E-state index contributed by atoms with van der Waals surface area (Å²) in [6, 6.07) is 0. The highest BCUT2D eigenvalue weighted by Gasteiger charge is 2.25. The number of hydrogen-bond donors (Lipinski definition) is 1. The van der Waals surface area contributed by atoms with Crippen molar-refractivity contribution in [2.24, 2.45) is 0 Å². The van der Waals surface area contributed by atoms with E-state index in [0.29, 0.717) is 23.9 Å². The van der Waals surface area contributed by atoms with Crippen LogP contribution in [0.5, 0.6) is 0 Å². The van der Waals surface area contributed by atoms with Gasteiger partial charge in [0.25, 0.3) is 6.29 Å². The van der Waals surface area contributed by atoms with Crippen LogP contribution in [0.4, 0.5) is 0 Å². The summed E-state index contributed by atoms with van der Waals surface area (Å²) < 4.78 is 23.0. The van der Waals surface area contributed by atoms with Gasteiger partial charge in [-0.05, 0) is 89.9 Å². The molecule has 0 aromatic rings. The molecule has 0 aliphatic rings. The number of allylic oxidation sites excluding steroid dienone is 20. The number of likely N-dealkylation sites (N-methyl/N-ethyl adjacent to an activating group) is 1. The number of carboxylic acids is 1. The topological polar surface area (TPSA) is 108 Å². The number of ether oxygens (including phenoxy) is 4. The fourth-order valence-electron chi connectivity index (χ4n) is 11.6. The fourth-order valence-corrected chi connectivity index (χ4v) is 11.6. The third-order valence-electron chi connectivity index (χ3n) is 17.7. The summed E-state index contributed by atoms with van der Waals surface area (Å²) in [5.41, 5.74) is 0. The minimum absolute atomic E-state index is 0.180. The van der Waals surface area contributed by atoms with Crippen LogP contribution in [0.2, 0.25) is 0 Å². The molecule has 0 fully saturated rings. The molecule has 0 aromatic heterocycles. The molecule has 0 aromatic carbocycles. The van der Waals surface area contributed by atoms with Crippen LogP contribution in [0.25, 0.3) is 0 Å². The Morgan fingerprint density at radius 3 is 0.876 bits per heavy atom. The maximum Gasteiger partial charge on any atom is 0.361 e. The predicted molar refractivity (Wildman–Crippen MR) is 419 cm³/mol. The molecule has 97 heavy (non-hydrogen) atoms. The van der Waals surface area contributed by atoms with Crippen LogP contribution >= 0.6 is 0 Å². The van der Waals surface area contributed by atoms with E-state index in [1.54, 1.807) is 0 Å². The van der Waals surface area contributed by atoms with E-state index in [1.807, 2.05) is 21.1 Å². The van der Waals surface area contributed by atoms with Gasteiger partial charge in [0.05, 0.1) is 34.4 Å². The molecule has 9 nitrogen and oxygen atoms in total. The minimum Gasteiger partial charge on any atom is -0.477 e. The van der Waals surface area contributed by atoms with Crippen LogP contribution in [0.15, 0.2) is 122 Å². The average Bonchev–Trinajstić information content (AvgIpc) is 3.11. The molecular weight excluding hydrogens is 1200 g/mol. The Morgan fingerprint density at radius 1 is 0.320 bits per heavy atom. The number of carboxylic acid groups (broad SMARTS) is 1. The average molecular weight is 1350 g/mol. The Morgan fingerprint density at radius 2 is 0.588 bits per heavy atom. The number of quaternary nitrogens is 1. The van der Waals surface area contributed by atoms with E-state index in [4.69, 9.17) is 18.9 Å². The molecule has 0 aliphatic carbocycles. The summed E-state index contributed by atoms with van der Waals surface area (Å²) in [5.74, 6) is -2.02. The van der Waals surface area contributed by atoms with Gasteiger partial charge in [-0.15, -0.1) is 0 Å². The smallest absolute Gasteiger partial charge is 0.361 e. The second kappa shape index (κ2) is 77.4. The van der Waals surface area contributed by atoms with Crippen molar-refractivity contribution in [2.75, 3.05) is 47.5 Å². The Labute approximate surface area is 599 Å². The van der Waals surface area contributed by atoms with E-state index in [2.05, 4.69) is 135 Å². The van der Waals surface area contributed by atoms with Crippen molar-refractivity contribution in [3.05, 3.63) is 122 Å². The van der Waals surface area contributed by atoms with E-state index in [0.717, 1.165) is 122 Å². The molecule has 2 atom stereocenters. The summed E-state index contributed by atoms with van der Waals surface area (Å²) in [7, 11) is 5.98. The maximum atomic E-state index is 13.0. The molecule has 1 N–H and O–H groups in total. The number of hydrogen-bond acceptors (Lipinski definition) is 7. The van der Waals surface area contributed by atoms with Gasteiger partial charge in [0.15, 0.2) is 6.10 Å². The van der Waals surface area contributed by atoms with E-state index in [9.17, 15) is 19.5 Å². The zero-order valence-electron chi connectivity index (χ0n) is 64.0. The van der Waals surface area contributed by atoms with Crippen LogP contribution in [0.1, 0.15) is 361 Å². The first-order chi connectivity index (χ1) is 47.6. The Balaban J connectivity index is 4.08. The van der Waals surface area contributed by atoms with Gasteiger partial charge in [0, 0.05) is 12.8 Å². The van der Waals surface area contributed by atoms with E-state index < -0.39 is 24.3 Å². The molecule has 0 spiro atoms. The number of unbranched alkanes of at least 4 members (excludes halogenated alkanes) is 40. The van der Waals surface area contributed by atoms with Gasteiger partial charge < -0.3 is 28.5 Å². The maximum absolute atomic E-state index is 13.0. The highest BCUT2D eigenvalue weighted by Crippen LogP contribution is 2.19. The molecule has 0 radical (unpaired) electrons. The van der Waals surface area contributed by atoms with Crippen LogP contribution in [-0.2, 0) is 33.3 Å². The largest absolute Gasteiger partial charge is 0.477 e. The number of carbonyl (C=O) groups is 3. The second-order valence-corrected chi connectivity index (χ2v) is 28.4. The molecule has 0 rings (SSSR count). The van der Waals surface area contributed by atoms with Crippen LogP contribution in [0, 0.1) is 0 Å². The lowest BCUT2D eigenvalue weighted by Gasteiger charge is -2.25. The van der Waals surface area contributed by atoms with E-state index >= 15 is 0 Å². The van der Waals surface area contributed by atoms with Crippen molar-refractivity contribution < 1.29 is 42.9 Å². The molecule has 2 unspecified atom stereocenters. The Hall–Kier alpha value is -4.31. The summed E-state index contributed by atoms with van der Waals surface area (Å²) in [4.78, 5) is 37.7. The highest BCUT2D eigenvalue weighted by atomic mass is 16.7. The first kappa shape index (κ1) is 92.7. The van der Waals surface area contributed by atoms with Gasteiger partial charge >= 0.3 is 17.9 Å². The minimum atomic E-state index is -1.52. The lowest BCUT2D eigenvalue weighted by atomic mass is 10.0. The van der Waals surface area contributed by atoms with Crippen molar-refractivity contribution in [3.8, 4) is 0 Å². The van der Waals surface area contributed by atoms with E-state index in [-0.39, 0.29) is 32.2 Å². The monoisotopic (exact) mass is 1350 g/mol. The van der Waals surface area contributed by atoms with E-state index in [1.165, 1.54) is 205 Å². The van der Waals surface area contributed by atoms with Gasteiger partial charge in [-0.25, -0.2) is 4.79 Å². The summed E-state index contributed by atoms with van der Waals surface area (Å²) in [6.45, 7) is 4.78. The SMILES string of the molecule is CC/C=C\C/C=C\C/C=C\C/C=C\C/C=C\C/C=C\C/C=C\C/C=C\C/C=C\C/C=C\CCCCCCCCC(=O)OC(COC(=O)CCCCCCCCCCCCCCCCCCCCCCCCCCCCCCCCCCCCC)COC(OCC[N+](C)(C)C)C(=O)O. The summed E-state index contributed by atoms with van der Waals surface area (Å²) in [5, 5.41) is 9.77. The molecule has 0 amide bonds.